The molecule has 0 spiro atoms. The van der Waals surface area contributed by atoms with Crippen molar-refractivity contribution in [1.82, 2.24) is 15.0 Å². The van der Waals surface area contributed by atoms with E-state index in [2.05, 4.69) is 31.1 Å². The Labute approximate surface area is 111 Å². The first kappa shape index (κ1) is 15.2. The maximum absolute atomic E-state index is 5.93. The highest BCUT2D eigenvalue weighted by Crippen LogP contribution is 2.18. The van der Waals surface area contributed by atoms with Crippen LogP contribution < -0.4 is 0 Å². The molecule has 1 heterocycles. The molecule has 0 radical (unpaired) electrons. The molecule has 1 aromatic heterocycles. The van der Waals surface area contributed by atoms with Crippen molar-refractivity contribution in [2.24, 2.45) is 0 Å². The van der Waals surface area contributed by atoms with Crippen LogP contribution in [0, 0.1) is 6.92 Å². The molecule has 0 unspecified atom stereocenters. The molecule has 18 heavy (non-hydrogen) atoms. The minimum Gasteiger partial charge on any atom is -0.374 e. The molecule has 4 nitrogen and oxygen atoms in total. The van der Waals surface area contributed by atoms with E-state index < -0.39 is 0 Å². The van der Waals surface area contributed by atoms with Gasteiger partial charge in [0.2, 0.25) is 0 Å². The van der Waals surface area contributed by atoms with Crippen LogP contribution in [0.3, 0.4) is 0 Å². The molecule has 0 aliphatic rings. The summed E-state index contributed by atoms with van der Waals surface area (Å²) in [4.78, 5) is 0. The third kappa shape index (κ3) is 6.15. The van der Waals surface area contributed by atoms with Crippen LogP contribution in [0.25, 0.3) is 0 Å². The zero-order chi connectivity index (χ0) is 13.4. The highest BCUT2D eigenvalue weighted by molar-refractivity contribution is 4.86. The fraction of sp³-hybridized carbons (Fsp3) is 0.857. The van der Waals surface area contributed by atoms with Gasteiger partial charge in [-0.25, -0.2) is 4.68 Å². The molecule has 0 saturated heterocycles. The van der Waals surface area contributed by atoms with Crippen LogP contribution in [0.15, 0.2) is 6.20 Å². The summed E-state index contributed by atoms with van der Waals surface area (Å²) in [6.45, 7) is 10.0. The monoisotopic (exact) mass is 253 g/mol. The molecule has 1 rings (SSSR count). The summed E-state index contributed by atoms with van der Waals surface area (Å²) < 4.78 is 7.77. The van der Waals surface area contributed by atoms with Crippen molar-refractivity contribution < 1.29 is 4.74 Å². The SMILES string of the molecule is CCCCCCC(C)(C)OCCn1cc(C)nn1. The van der Waals surface area contributed by atoms with E-state index in [0.29, 0.717) is 6.61 Å². The third-order valence-electron chi connectivity index (χ3n) is 3.10. The van der Waals surface area contributed by atoms with E-state index >= 15 is 0 Å². The number of hydrogen-bond donors (Lipinski definition) is 0. The van der Waals surface area contributed by atoms with Gasteiger partial charge in [0.15, 0.2) is 0 Å². The number of hydrogen-bond acceptors (Lipinski definition) is 3. The van der Waals surface area contributed by atoms with Gasteiger partial charge in [0.25, 0.3) is 0 Å². The first-order chi connectivity index (χ1) is 8.53. The van der Waals surface area contributed by atoms with E-state index in [1.54, 1.807) is 0 Å². The van der Waals surface area contributed by atoms with Gasteiger partial charge in [-0.05, 0) is 27.2 Å². The van der Waals surface area contributed by atoms with E-state index in [-0.39, 0.29) is 5.60 Å². The lowest BCUT2D eigenvalue weighted by atomic mass is 10.00. The zero-order valence-electron chi connectivity index (χ0n) is 12.3. The lowest BCUT2D eigenvalue weighted by Gasteiger charge is -2.25. The van der Waals surface area contributed by atoms with Crippen LogP contribution in [0.2, 0.25) is 0 Å². The highest BCUT2D eigenvalue weighted by Gasteiger charge is 2.17. The van der Waals surface area contributed by atoms with Gasteiger partial charge in [-0.1, -0.05) is 37.8 Å². The first-order valence-electron chi connectivity index (χ1n) is 7.04. The lowest BCUT2D eigenvalue weighted by molar-refractivity contribution is -0.0295. The molecular weight excluding hydrogens is 226 g/mol. The topological polar surface area (TPSA) is 39.9 Å². The standard InChI is InChI=1S/C14H27N3O/c1-5-6-7-8-9-14(3,4)18-11-10-17-12-13(2)15-16-17/h12H,5-11H2,1-4H3. The Hall–Kier alpha value is -0.900. The number of nitrogens with zero attached hydrogens (tertiary/aromatic N) is 3. The number of aromatic nitrogens is 3. The smallest absolute Gasteiger partial charge is 0.0796 e. The highest BCUT2D eigenvalue weighted by atomic mass is 16.5. The zero-order valence-corrected chi connectivity index (χ0v) is 12.3. The van der Waals surface area contributed by atoms with Crippen LogP contribution in [-0.2, 0) is 11.3 Å². The Balaban J connectivity index is 2.16. The lowest BCUT2D eigenvalue weighted by Crippen LogP contribution is -2.26. The third-order valence-corrected chi connectivity index (χ3v) is 3.10. The van der Waals surface area contributed by atoms with Crippen LogP contribution >= 0.6 is 0 Å². The van der Waals surface area contributed by atoms with Crippen molar-refractivity contribution in [3.63, 3.8) is 0 Å². The van der Waals surface area contributed by atoms with E-state index in [0.717, 1.165) is 18.7 Å². The summed E-state index contributed by atoms with van der Waals surface area (Å²) >= 11 is 0. The van der Waals surface area contributed by atoms with Crippen molar-refractivity contribution in [1.29, 1.82) is 0 Å². The molecular formula is C14H27N3O. The molecule has 0 aliphatic carbocycles. The normalized spacial score (nSPS) is 12.0. The average molecular weight is 253 g/mol. The molecule has 0 atom stereocenters. The Bertz CT molecular complexity index is 334. The van der Waals surface area contributed by atoms with Gasteiger partial charge in [0.1, 0.15) is 0 Å². The molecule has 0 aromatic carbocycles. The van der Waals surface area contributed by atoms with Crippen molar-refractivity contribution >= 4 is 0 Å². The molecule has 0 N–H and O–H groups in total. The van der Waals surface area contributed by atoms with Crippen molar-refractivity contribution in [3.05, 3.63) is 11.9 Å². The van der Waals surface area contributed by atoms with Gasteiger partial charge in [0, 0.05) is 6.20 Å². The summed E-state index contributed by atoms with van der Waals surface area (Å²) in [5.41, 5.74) is 0.928. The molecule has 0 amide bonds. The quantitative estimate of drug-likeness (QED) is 0.634. The summed E-state index contributed by atoms with van der Waals surface area (Å²) in [6.07, 6.45) is 8.25. The molecule has 0 aliphatic heterocycles. The second-order valence-electron chi connectivity index (χ2n) is 5.54. The van der Waals surface area contributed by atoms with Gasteiger partial charge in [-0.2, -0.15) is 0 Å². The maximum atomic E-state index is 5.93. The fourth-order valence-electron chi connectivity index (χ4n) is 1.97. The van der Waals surface area contributed by atoms with Crippen molar-refractivity contribution in [2.45, 2.75) is 71.9 Å². The molecule has 1 aromatic rings. The Morgan fingerprint density at radius 3 is 2.67 bits per heavy atom. The number of unbranched alkanes of at least 4 members (excludes halogenated alkanes) is 3. The summed E-state index contributed by atoms with van der Waals surface area (Å²) in [5, 5.41) is 7.97. The number of aryl methyl sites for hydroxylation is 1. The van der Waals surface area contributed by atoms with Crippen LogP contribution in [0.1, 0.15) is 58.6 Å². The van der Waals surface area contributed by atoms with Crippen LogP contribution in [0.4, 0.5) is 0 Å². The number of rotatable bonds is 9. The predicted octanol–water partition coefficient (Wildman–Crippen LogP) is 3.35. The van der Waals surface area contributed by atoms with E-state index in [4.69, 9.17) is 4.74 Å². The largest absolute Gasteiger partial charge is 0.374 e. The second-order valence-corrected chi connectivity index (χ2v) is 5.54. The first-order valence-corrected chi connectivity index (χ1v) is 7.04. The summed E-state index contributed by atoms with van der Waals surface area (Å²) in [5.74, 6) is 0. The minimum absolute atomic E-state index is 0.0244. The molecule has 104 valence electrons. The summed E-state index contributed by atoms with van der Waals surface area (Å²) in [7, 11) is 0. The second kappa shape index (κ2) is 7.52. The van der Waals surface area contributed by atoms with Crippen molar-refractivity contribution in [2.75, 3.05) is 6.61 Å². The summed E-state index contributed by atoms with van der Waals surface area (Å²) in [6, 6.07) is 0. The molecule has 4 heteroatoms. The van der Waals surface area contributed by atoms with Crippen LogP contribution in [-0.4, -0.2) is 27.2 Å². The van der Waals surface area contributed by atoms with Gasteiger partial charge < -0.3 is 4.74 Å². The Morgan fingerprint density at radius 1 is 1.28 bits per heavy atom. The minimum atomic E-state index is -0.0244. The Kier molecular flexibility index (Phi) is 6.33. The fourth-order valence-corrected chi connectivity index (χ4v) is 1.97. The molecule has 0 saturated carbocycles. The van der Waals surface area contributed by atoms with Gasteiger partial charge >= 0.3 is 0 Å². The van der Waals surface area contributed by atoms with E-state index in [1.807, 2.05) is 17.8 Å². The Morgan fingerprint density at radius 2 is 2.06 bits per heavy atom. The van der Waals surface area contributed by atoms with Crippen molar-refractivity contribution in [3.8, 4) is 0 Å². The van der Waals surface area contributed by atoms with Gasteiger partial charge in [-0.15, -0.1) is 5.10 Å². The maximum Gasteiger partial charge on any atom is 0.0796 e. The molecule has 0 bridgehead atoms. The van der Waals surface area contributed by atoms with E-state index in [1.165, 1.54) is 25.7 Å². The van der Waals surface area contributed by atoms with E-state index in [9.17, 15) is 0 Å². The van der Waals surface area contributed by atoms with Gasteiger partial charge in [-0.3, -0.25) is 0 Å². The number of ether oxygens (including phenoxy) is 1. The molecule has 0 fully saturated rings. The predicted molar refractivity (Wildman–Crippen MR) is 73.5 cm³/mol. The average Bonchev–Trinajstić information content (AvgIpc) is 2.70. The van der Waals surface area contributed by atoms with Gasteiger partial charge in [0.05, 0.1) is 24.4 Å². The van der Waals surface area contributed by atoms with Crippen LogP contribution in [0.5, 0.6) is 0 Å².